The molecule has 1 N–H and O–H groups in total. The highest BCUT2D eigenvalue weighted by atomic mass is 16.5. The van der Waals surface area contributed by atoms with Crippen LogP contribution >= 0.6 is 0 Å². The number of rotatable bonds is 5. The van der Waals surface area contributed by atoms with Gasteiger partial charge in [0.15, 0.2) is 0 Å². The molecule has 0 saturated heterocycles. The van der Waals surface area contributed by atoms with E-state index in [0.29, 0.717) is 18.4 Å². The van der Waals surface area contributed by atoms with Crippen LogP contribution in [0.2, 0.25) is 0 Å². The van der Waals surface area contributed by atoms with E-state index < -0.39 is 0 Å². The molecule has 0 unspecified atom stereocenters. The van der Waals surface area contributed by atoms with Gasteiger partial charge in [0.25, 0.3) is 0 Å². The van der Waals surface area contributed by atoms with E-state index in [2.05, 4.69) is 14.1 Å². The molecule has 4 rings (SSSR count). The lowest BCUT2D eigenvalue weighted by Crippen LogP contribution is -3.06. The maximum absolute atomic E-state index is 12.1. The molecule has 4 aliphatic rings. The summed E-state index contributed by atoms with van der Waals surface area (Å²) >= 11 is 0. The zero-order valence-corrected chi connectivity index (χ0v) is 12.4. The van der Waals surface area contributed by atoms with Crippen LogP contribution < -0.4 is 4.90 Å². The summed E-state index contributed by atoms with van der Waals surface area (Å²) in [4.78, 5) is 13.4. The molecule has 108 valence electrons. The van der Waals surface area contributed by atoms with Crippen molar-refractivity contribution in [2.45, 2.75) is 44.9 Å². The van der Waals surface area contributed by atoms with Gasteiger partial charge in [0.1, 0.15) is 13.2 Å². The van der Waals surface area contributed by atoms with Crippen LogP contribution in [-0.4, -0.2) is 33.2 Å². The molecule has 0 atom stereocenters. The Morgan fingerprint density at radius 2 is 1.63 bits per heavy atom. The highest BCUT2D eigenvalue weighted by molar-refractivity contribution is 5.70. The van der Waals surface area contributed by atoms with Crippen molar-refractivity contribution in [2.75, 3.05) is 27.2 Å². The predicted molar refractivity (Wildman–Crippen MR) is 73.9 cm³/mol. The Balaban J connectivity index is 1.53. The van der Waals surface area contributed by atoms with Gasteiger partial charge in [-0.1, -0.05) is 0 Å². The Morgan fingerprint density at radius 1 is 1.11 bits per heavy atom. The van der Waals surface area contributed by atoms with Crippen LogP contribution in [0.5, 0.6) is 0 Å². The molecule has 0 amide bonds. The third-order valence-corrected chi connectivity index (χ3v) is 5.55. The average molecular weight is 266 g/mol. The third-order valence-electron chi connectivity index (χ3n) is 5.55. The quantitative estimate of drug-likeness (QED) is 0.760. The first-order chi connectivity index (χ1) is 9.05. The number of likely N-dealkylation sites (N-methyl/N-ethyl adjacent to an activating group) is 1. The lowest BCUT2D eigenvalue weighted by atomic mass is 9.49. The highest BCUT2D eigenvalue weighted by Crippen LogP contribution is 2.61. The normalized spacial score (nSPS) is 39.8. The van der Waals surface area contributed by atoms with Gasteiger partial charge in [0.2, 0.25) is 0 Å². The van der Waals surface area contributed by atoms with Crippen molar-refractivity contribution in [1.82, 2.24) is 0 Å². The van der Waals surface area contributed by atoms with Crippen LogP contribution in [0.3, 0.4) is 0 Å². The molecular weight excluding hydrogens is 238 g/mol. The van der Waals surface area contributed by atoms with E-state index in [-0.39, 0.29) is 5.97 Å². The molecule has 3 nitrogen and oxygen atoms in total. The smallest absolute Gasteiger partial charge is 0.306 e. The summed E-state index contributed by atoms with van der Waals surface area (Å²) in [5.41, 5.74) is 0.330. The molecule has 0 aromatic rings. The molecule has 0 aromatic heterocycles. The van der Waals surface area contributed by atoms with E-state index in [1.165, 1.54) is 43.4 Å². The fourth-order valence-electron chi connectivity index (χ4n) is 5.23. The lowest BCUT2D eigenvalue weighted by Gasteiger charge is -2.56. The molecule has 4 fully saturated rings. The number of carbonyl (C=O) groups excluding carboxylic acids is 1. The molecule has 4 aliphatic carbocycles. The van der Waals surface area contributed by atoms with Crippen LogP contribution in [0.25, 0.3) is 0 Å². The van der Waals surface area contributed by atoms with E-state index >= 15 is 0 Å². The zero-order chi connectivity index (χ0) is 13.5. The average Bonchev–Trinajstić information content (AvgIpc) is 2.25. The number of hydrogen-bond donors (Lipinski definition) is 1. The van der Waals surface area contributed by atoms with Gasteiger partial charge in [-0.05, 0) is 61.7 Å². The van der Waals surface area contributed by atoms with Crippen LogP contribution in [0, 0.1) is 23.2 Å². The highest BCUT2D eigenvalue weighted by Gasteiger charge is 2.51. The van der Waals surface area contributed by atoms with Crippen LogP contribution in [0.4, 0.5) is 0 Å². The minimum atomic E-state index is 0.0585. The molecule has 0 aliphatic heterocycles. The molecule has 0 radical (unpaired) electrons. The summed E-state index contributed by atoms with van der Waals surface area (Å²) in [5, 5.41) is 0. The lowest BCUT2D eigenvalue weighted by molar-refractivity contribution is -0.858. The summed E-state index contributed by atoms with van der Waals surface area (Å²) in [7, 11) is 4.18. The van der Waals surface area contributed by atoms with Gasteiger partial charge < -0.3 is 9.64 Å². The Kier molecular flexibility index (Phi) is 3.59. The van der Waals surface area contributed by atoms with E-state index in [4.69, 9.17) is 4.74 Å². The second-order valence-electron chi connectivity index (χ2n) is 7.77. The van der Waals surface area contributed by atoms with Crippen molar-refractivity contribution >= 4 is 5.97 Å². The molecular formula is C16H28NO2+. The third kappa shape index (κ3) is 2.96. The summed E-state index contributed by atoms with van der Waals surface area (Å²) < 4.78 is 5.43. The fourth-order valence-corrected chi connectivity index (χ4v) is 5.23. The molecule has 4 bridgehead atoms. The van der Waals surface area contributed by atoms with Gasteiger partial charge in [0.05, 0.1) is 20.5 Å². The molecule has 0 aromatic carbocycles. The van der Waals surface area contributed by atoms with E-state index in [9.17, 15) is 4.79 Å². The summed E-state index contributed by atoms with van der Waals surface area (Å²) in [6.07, 6.45) is 8.92. The fraction of sp³-hybridized carbons (Fsp3) is 0.938. The zero-order valence-electron chi connectivity index (χ0n) is 12.4. The van der Waals surface area contributed by atoms with Crippen molar-refractivity contribution in [3.8, 4) is 0 Å². The minimum absolute atomic E-state index is 0.0585. The SMILES string of the molecule is C[NH+](C)CCOC(=O)CC12CC3CC(CC(C3)C1)C2. The maximum Gasteiger partial charge on any atom is 0.306 e. The Morgan fingerprint density at radius 3 is 2.11 bits per heavy atom. The van der Waals surface area contributed by atoms with Crippen molar-refractivity contribution in [3.63, 3.8) is 0 Å². The number of hydrogen-bond acceptors (Lipinski definition) is 2. The first-order valence-electron chi connectivity index (χ1n) is 7.99. The second-order valence-corrected chi connectivity index (χ2v) is 7.77. The van der Waals surface area contributed by atoms with Gasteiger partial charge in [-0.15, -0.1) is 0 Å². The molecule has 19 heavy (non-hydrogen) atoms. The molecule has 4 saturated carbocycles. The molecule has 0 heterocycles. The number of nitrogens with one attached hydrogen (secondary N) is 1. The number of carbonyl (C=O) groups is 1. The Hall–Kier alpha value is -0.570. The van der Waals surface area contributed by atoms with E-state index in [1.54, 1.807) is 0 Å². The standard InChI is InChI=1S/C16H27NO2/c1-17(2)3-4-19-15(18)11-16-8-12-5-13(9-16)7-14(6-12)10-16/h12-14H,3-11H2,1-2H3/p+1. The first kappa shape index (κ1) is 13.4. The predicted octanol–water partition coefficient (Wildman–Crippen LogP) is 1.28. The van der Waals surface area contributed by atoms with E-state index in [0.717, 1.165) is 24.3 Å². The van der Waals surface area contributed by atoms with Gasteiger partial charge in [0, 0.05) is 0 Å². The van der Waals surface area contributed by atoms with Crippen molar-refractivity contribution in [2.24, 2.45) is 23.2 Å². The first-order valence-corrected chi connectivity index (χ1v) is 7.99. The topological polar surface area (TPSA) is 30.7 Å². The molecule has 3 heteroatoms. The Bertz CT molecular complexity index is 315. The van der Waals surface area contributed by atoms with Crippen LogP contribution in [0.1, 0.15) is 44.9 Å². The van der Waals surface area contributed by atoms with Crippen molar-refractivity contribution in [1.29, 1.82) is 0 Å². The van der Waals surface area contributed by atoms with E-state index in [1.807, 2.05) is 0 Å². The van der Waals surface area contributed by atoms with Gasteiger partial charge in [-0.25, -0.2) is 0 Å². The second kappa shape index (κ2) is 5.08. The monoisotopic (exact) mass is 266 g/mol. The minimum Gasteiger partial charge on any atom is -0.460 e. The van der Waals surface area contributed by atoms with Crippen molar-refractivity contribution in [3.05, 3.63) is 0 Å². The van der Waals surface area contributed by atoms with Gasteiger partial charge in [-0.3, -0.25) is 4.79 Å². The van der Waals surface area contributed by atoms with Crippen LogP contribution in [0.15, 0.2) is 0 Å². The number of quaternary nitrogens is 1. The number of ether oxygens (including phenoxy) is 1. The maximum atomic E-state index is 12.1. The molecule has 0 spiro atoms. The van der Waals surface area contributed by atoms with Crippen molar-refractivity contribution < 1.29 is 14.4 Å². The van der Waals surface area contributed by atoms with Gasteiger partial charge in [-0.2, -0.15) is 0 Å². The summed E-state index contributed by atoms with van der Waals surface area (Å²) in [5.74, 6) is 2.82. The summed E-state index contributed by atoms with van der Waals surface area (Å²) in [6.45, 7) is 1.49. The summed E-state index contributed by atoms with van der Waals surface area (Å²) in [6, 6.07) is 0. The Labute approximate surface area is 116 Å². The number of esters is 1. The van der Waals surface area contributed by atoms with Crippen LogP contribution in [-0.2, 0) is 9.53 Å². The van der Waals surface area contributed by atoms with Gasteiger partial charge >= 0.3 is 5.97 Å². The largest absolute Gasteiger partial charge is 0.460 e.